The summed E-state index contributed by atoms with van der Waals surface area (Å²) in [5, 5.41) is 0.475. The summed E-state index contributed by atoms with van der Waals surface area (Å²) in [4.78, 5) is 28.3. The molecule has 0 bridgehead atoms. The number of likely N-dealkylation sites (N-methyl/N-ethyl adjacent to an activating group) is 1. The Morgan fingerprint density at radius 1 is 1.35 bits per heavy atom. The SMILES string of the molecule is CN(CC1CCCN1C(=O)c1ccc(Cl)c(N)c1Cl)C(=O)OC(C)(C)C. The first-order chi connectivity index (χ1) is 12.0. The van der Waals surface area contributed by atoms with E-state index >= 15 is 0 Å². The number of rotatable bonds is 3. The van der Waals surface area contributed by atoms with Crippen LogP contribution in [-0.4, -0.2) is 53.6 Å². The summed E-state index contributed by atoms with van der Waals surface area (Å²) < 4.78 is 5.37. The van der Waals surface area contributed by atoms with Gasteiger partial charge in [-0.3, -0.25) is 4.79 Å². The number of benzene rings is 1. The summed E-state index contributed by atoms with van der Waals surface area (Å²) in [6.07, 6.45) is 1.25. The molecule has 1 aliphatic rings. The number of carbonyl (C=O) groups excluding carboxylic acids is 2. The van der Waals surface area contributed by atoms with Crippen molar-refractivity contribution in [1.82, 2.24) is 9.80 Å². The number of amides is 2. The van der Waals surface area contributed by atoms with Gasteiger partial charge in [-0.25, -0.2) is 4.79 Å². The first-order valence-corrected chi connectivity index (χ1v) is 9.25. The molecule has 26 heavy (non-hydrogen) atoms. The van der Waals surface area contributed by atoms with Gasteiger partial charge in [0.1, 0.15) is 5.60 Å². The van der Waals surface area contributed by atoms with Crippen molar-refractivity contribution in [2.45, 2.75) is 45.3 Å². The fourth-order valence-electron chi connectivity index (χ4n) is 2.91. The van der Waals surface area contributed by atoms with Crippen molar-refractivity contribution in [3.05, 3.63) is 27.7 Å². The van der Waals surface area contributed by atoms with Crippen molar-refractivity contribution in [3.63, 3.8) is 0 Å². The second kappa shape index (κ2) is 7.92. The van der Waals surface area contributed by atoms with Crippen LogP contribution in [0.4, 0.5) is 10.5 Å². The van der Waals surface area contributed by atoms with E-state index in [2.05, 4.69) is 0 Å². The summed E-state index contributed by atoms with van der Waals surface area (Å²) in [7, 11) is 1.67. The average molecular weight is 402 g/mol. The quantitative estimate of drug-likeness (QED) is 0.774. The molecule has 0 aliphatic carbocycles. The van der Waals surface area contributed by atoms with Crippen LogP contribution in [0, 0.1) is 0 Å². The van der Waals surface area contributed by atoms with Crippen LogP contribution in [0.2, 0.25) is 10.0 Å². The maximum absolute atomic E-state index is 12.9. The largest absolute Gasteiger partial charge is 0.444 e. The van der Waals surface area contributed by atoms with Gasteiger partial charge >= 0.3 is 6.09 Å². The van der Waals surface area contributed by atoms with Crippen LogP contribution in [-0.2, 0) is 4.74 Å². The van der Waals surface area contributed by atoms with Gasteiger partial charge in [-0.2, -0.15) is 0 Å². The molecule has 8 heteroatoms. The molecule has 1 saturated heterocycles. The van der Waals surface area contributed by atoms with Crippen LogP contribution in [0.1, 0.15) is 44.0 Å². The Kier molecular flexibility index (Phi) is 6.29. The third kappa shape index (κ3) is 4.74. The third-order valence-corrected chi connectivity index (χ3v) is 4.92. The first-order valence-electron chi connectivity index (χ1n) is 8.50. The highest BCUT2D eigenvalue weighted by Gasteiger charge is 2.33. The minimum absolute atomic E-state index is 0.104. The molecule has 1 atom stereocenters. The van der Waals surface area contributed by atoms with Crippen LogP contribution in [0.5, 0.6) is 0 Å². The molecule has 1 unspecified atom stereocenters. The molecule has 0 aromatic heterocycles. The Bertz CT molecular complexity index is 704. The molecule has 144 valence electrons. The topological polar surface area (TPSA) is 75.9 Å². The molecular weight excluding hydrogens is 377 g/mol. The molecule has 2 rings (SSSR count). The number of carbonyl (C=O) groups is 2. The zero-order valence-electron chi connectivity index (χ0n) is 15.5. The summed E-state index contributed by atoms with van der Waals surface area (Å²) >= 11 is 12.1. The minimum atomic E-state index is -0.565. The van der Waals surface area contributed by atoms with E-state index in [9.17, 15) is 9.59 Å². The van der Waals surface area contributed by atoms with Gasteiger partial charge in [-0.15, -0.1) is 0 Å². The van der Waals surface area contributed by atoms with Gasteiger partial charge < -0.3 is 20.3 Å². The molecule has 2 amide bonds. The Morgan fingerprint density at radius 2 is 2.00 bits per heavy atom. The molecule has 6 nitrogen and oxygen atoms in total. The summed E-state index contributed by atoms with van der Waals surface area (Å²) in [6, 6.07) is 3.04. The van der Waals surface area contributed by atoms with Crippen molar-refractivity contribution in [2.75, 3.05) is 25.9 Å². The molecule has 0 radical (unpaired) electrons. The zero-order valence-corrected chi connectivity index (χ0v) is 17.0. The maximum atomic E-state index is 12.9. The second-order valence-corrected chi connectivity index (χ2v) is 8.26. The van der Waals surface area contributed by atoms with E-state index in [1.807, 2.05) is 20.8 Å². The lowest BCUT2D eigenvalue weighted by molar-refractivity contribution is 0.0252. The van der Waals surface area contributed by atoms with Crippen LogP contribution < -0.4 is 5.73 Å². The number of hydrogen-bond donors (Lipinski definition) is 1. The van der Waals surface area contributed by atoms with E-state index < -0.39 is 11.7 Å². The number of halogens is 2. The molecule has 1 aromatic rings. The van der Waals surface area contributed by atoms with E-state index in [0.29, 0.717) is 23.7 Å². The van der Waals surface area contributed by atoms with Gasteiger partial charge in [0, 0.05) is 26.2 Å². The molecule has 0 saturated carbocycles. The smallest absolute Gasteiger partial charge is 0.410 e. The highest BCUT2D eigenvalue weighted by molar-refractivity contribution is 6.40. The second-order valence-electron chi connectivity index (χ2n) is 7.48. The van der Waals surface area contributed by atoms with E-state index in [0.717, 1.165) is 12.8 Å². The zero-order chi connectivity index (χ0) is 19.6. The van der Waals surface area contributed by atoms with Gasteiger partial charge in [0.15, 0.2) is 0 Å². The lowest BCUT2D eigenvalue weighted by atomic mass is 10.1. The Balaban J connectivity index is 2.11. The minimum Gasteiger partial charge on any atom is -0.444 e. The van der Waals surface area contributed by atoms with E-state index in [1.54, 1.807) is 24.1 Å². The van der Waals surface area contributed by atoms with Gasteiger partial charge in [-0.05, 0) is 45.7 Å². The number of nitrogens with two attached hydrogens (primary N) is 1. The van der Waals surface area contributed by atoms with Crippen LogP contribution in [0.25, 0.3) is 0 Å². The van der Waals surface area contributed by atoms with E-state index in [4.69, 9.17) is 33.7 Å². The van der Waals surface area contributed by atoms with Gasteiger partial charge in [0.25, 0.3) is 5.91 Å². The summed E-state index contributed by atoms with van der Waals surface area (Å²) in [6.45, 7) is 6.44. The standard InChI is InChI=1S/C18H25Cl2N3O3/c1-18(2,3)26-17(25)22(4)10-11-6-5-9-23(11)16(24)12-7-8-13(19)15(21)14(12)20/h7-8,11H,5-6,9-10,21H2,1-4H3. The molecule has 1 heterocycles. The predicted molar refractivity (Wildman–Crippen MR) is 104 cm³/mol. The number of nitrogens with zero attached hydrogens (tertiary/aromatic N) is 2. The third-order valence-electron chi connectivity index (χ3n) is 4.18. The molecule has 1 aromatic carbocycles. The fourth-order valence-corrected chi connectivity index (χ4v) is 3.36. The molecule has 2 N–H and O–H groups in total. The predicted octanol–water partition coefficient (Wildman–Crippen LogP) is 4.05. The first kappa shape index (κ1) is 20.6. The van der Waals surface area contributed by atoms with Crippen molar-refractivity contribution in [1.29, 1.82) is 0 Å². The number of likely N-dealkylation sites (tertiary alicyclic amines) is 1. The van der Waals surface area contributed by atoms with Crippen molar-refractivity contribution in [2.24, 2.45) is 0 Å². The lowest BCUT2D eigenvalue weighted by Gasteiger charge is -2.30. The van der Waals surface area contributed by atoms with Gasteiger partial charge in [0.2, 0.25) is 0 Å². The van der Waals surface area contributed by atoms with Crippen molar-refractivity contribution >= 4 is 40.9 Å². The number of hydrogen-bond acceptors (Lipinski definition) is 4. The number of nitrogen functional groups attached to an aromatic ring is 1. The van der Waals surface area contributed by atoms with Crippen LogP contribution in [0.15, 0.2) is 12.1 Å². The lowest BCUT2D eigenvalue weighted by Crippen LogP contribution is -2.45. The van der Waals surface area contributed by atoms with Gasteiger partial charge in [0.05, 0.1) is 21.3 Å². The summed E-state index contributed by atoms with van der Waals surface area (Å²) in [5.74, 6) is -0.210. The van der Waals surface area contributed by atoms with Crippen molar-refractivity contribution < 1.29 is 14.3 Å². The summed E-state index contributed by atoms with van der Waals surface area (Å²) in [5.41, 5.74) is 5.78. The van der Waals surface area contributed by atoms with E-state index in [-0.39, 0.29) is 22.7 Å². The molecular formula is C18H25Cl2N3O3. The van der Waals surface area contributed by atoms with Gasteiger partial charge in [-0.1, -0.05) is 23.2 Å². The highest BCUT2D eigenvalue weighted by atomic mass is 35.5. The van der Waals surface area contributed by atoms with Crippen LogP contribution >= 0.6 is 23.2 Å². The molecule has 0 spiro atoms. The highest BCUT2D eigenvalue weighted by Crippen LogP contribution is 2.32. The molecule has 1 aliphatic heterocycles. The Morgan fingerprint density at radius 3 is 2.62 bits per heavy atom. The average Bonchev–Trinajstić information content (AvgIpc) is 2.98. The van der Waals surface area contributed by atoms with Crippen LogP contribution in [0.3, 0.4) is 0 Å². The van der Waals surface area contributed by atoms with Crippen molar-refractivity contribution in [3.8, 4) is 0 Å². The Hall–Kier alpha value is -1.66. The normalized spacial score (nSPS) is 17.3. The molecule has 1 fully saturated rings. The Labute approximate surface area is 164 Å². The number of ether oxygens (including phenoxy) is 1. The monoisotopic (exact) mass is 401 g/mol. The number of anilines is 1. The van der Waals surface area contributed by atoms with E-state index in [1.165, 1.54) is 4.90 Å². The fraction of sp³-hybridized carbons (Fsp3) is 0.556. The maximum Gasteiger partial charge on any atom is 0.410 e.